The maximum absolute atomic E-state index is 11.7. The second-order valence-corrected chi connectivity index (χ2v) is 4.74. The van der Waals surface area contributed by atoms with Gasteiger partial charge in [0.2, 0.25) is 0 Å². The maximum Gasteiger partial charge on any atom is 0.326 e. The number of carbonyl (C=O) groups is 2. The van der Waals surface area contributed by atoms with E-state index in [0.29, 0.717) is 17.1 Å². The van der Waals surface area contributed by atoms with Crippen molar-refractivity contribution in [1.29, 1.82) is 0 Å². The number of urea groups is 1. The van der Waals surface area contributed by atoms with Crippen molar-refractivity contribution in [1.82, 2.24) is 5.32 Å². The molecule has 2 atom stereocenters. The summed E-state index contributed by atoms with van der Waals surface area (Å²) in [4.78, 5) is 22.8. The number of anilines is 1. The maximum atomic E-state index is 11.7. The number of hydrogen-bond donors (Lipinski definition) is 3. The van der Waals surface area contributed by atoms with E-state index in [1.165, 1.54) is 0 Å². The molecule has 0 aliphatic heterocycles. The van der Waals surface area contributed by atoms with Crippen molar-refractivity contribution in [2.45, 2.75) is 26.3 Å². The number of hydrogen-bond acceptors (Lipinski definition) is 2. The zero-order valence-corrected chi connectivity index (χ0v) is 11.6. The summed E-state index contributed by atoms with van der Waals surface area (Å²) in [7, 11) is 0. The minimum absolute atomic E-state index is 0.145. The fourth-order valence-corrected chi connectivity index (χ4v) is 1.65. The second kappa shape index (κ2) is 6.99. The quantitative estimate of drug-likeness (QED) is 0.778. The lowest BCUT2D eigenvalue weighted by molar-refractivity contribution is -0.140. The summed E-state index contributed by atoms with van der Waals surface area (Å²) in [6.45, 7) is 3.65. The van der Waals surface area contributed by atoms with Crippen LogP contribution in [0.15, 0.2) is 24.3 Å². The summed E-state index contributed by atoms with van der Waals surface area (Å²) < 4.78 is 0. The van der Waals surface area contributed by atoms with Crippen LogP contribution in [0.25, 0.3) is 0 Å². The largest absolute Gasteiger partial charge is 0.480 e. The Hall–Kier alpha value is -1.75. The zero-order chi connectivity index (χ0) is 14.4. The Balaban J connectivity index is 2.62. The Morgan fingerprint density at radius 1 is 1.32 bits per heavy atom. The van der Waals surface area contributed by atoms with Crippen molar-refractivity contribution in [3.05, 3.63) is 29.3 Å². The smallest absolute Gasteiger partial charge is 0.326 e. The van der Waals surface area contributed by atoms with E-state index in [4.69, 9.17) is 16.7 Å². The van der Waals surface area contributed by atoms with Crippen molar-refractivity contribution >= 4 is 29.3 Å². The van der Waals surface area contributed by atoms with E-state index < -0.39 is 18.0 Å². The van der Waals surface area contributed by atoms with Crippen LogP contribution in [0.5, 0.6) is 0 Å². The van der Waals surface area contributed by atoms with Gasteiger partial charge >= 0.3 is 12.0 Å². The highest BCUT2D eigenvalue weighted by atomic mass is 35.5. The highest BCUT2D eigenvalue weighted by Gasteiger charge is 2.25. The first kappa shape index (κ1) is 15.3. The molecular weight excluding hydrogens is 268 g/mol. The molecule has 0 aliphatic carbocycles. The van der Waals surface area contributed by atoms with E-state index in [0.717, 1.165) is 0 Å². The van der Waals surface area contributed by atoms with Crippen molar-refractivity contribution in [2.24, 2.45) is 5.92 Å². The number of carboxylic acid groups (broad SMARTS) is 1. The Bertz CT molecular complexity index is 448. The molecule has 0 saturated carbocycles. The topological polar surface area (TPSA) is 78.4 Å². The lowest BCUT2D eigenvalue weighted by Crippen LogP contribution is -2.46. The average Bonchev–Trinajstić information content (AvgIpc) is 2.37. The number of carbonyl (C=O) groups excluding carboxylic acids is 1. The molecule has 0 saturated heterocycles. The lowest BCUT2D eigenvalue weighted by Gasteiger charge is -2.20. The number of aliphatic carboxylic acids is 1. The van der Waals surface area contributed by atoms with Gasteiger partial charge in [0.25, 0.3) is 0 Å². The van der Waals surface area contributed by atoms with E-state index >= 15 is 0 Å². The van der Waals surface area contributed by atoms with Crippen molar-refractivity contribution in [3.63, 3.8) is 0 Å². The number of amides is 2. The predicted octanol–water partition coefficient (Wildman–Crippen LogP) is 2.96. The summed E-state index contributed by atoms with van der Waals surface area (Å²) in [5, 5.41) is 14.6. The van der Waals surface area contributed by atoms with Gasteiger partial charge in [-0.25, -0.2) is 9.59 Å². The minimum atomic E-state index is -1.04. The van der Waals surface area contributed by atoms with Crippen LogP contribution < -0.4 is 10.6 Å². The third-order valence-electron chi connectivity index (χ3n) is 2.87. The van der Waals surface area contributed by atoms with Crippen LogP contribution in [0.2, 0.25) is 5.02 Å². The van der Waals surface area contributed by atoms with Gasteiger partial charge in [-0.1, -0.05) is 31.9 Å². The summed E-state index contributed by atoms with van der Waals surface area (Å²) in [5.74, 6) is -1.19. The summed E-state index contributed by atoms with van der Waals surface area (Å²) in [6, 6.07) is 5.11. The van der Waals surface area contributed by atoms with E-state index in [-0.39, 0.29) is 5.92 Å². The molecule has 0 spiro atoms. The van der Waals surface area contributed by atoms with Gasteiger partial charge < -0.3 is 15.7 Å². The summed E-state index contributed by atoms with van der Waals surface area (Å²) >= 11 is 5.73. The average molecular weight is 285 g/mol. The van der Waals surface area contributed by atoms with Crippen molar-refractivity contribution < 1.29 is 14.7 Å². The normalized spacial score (nSPS) is 13.4. The monoisotopic (exact) mass is 284 g/mol. The van der Waals surface area contributed by atoms with Crippen LogP contribution in [0.4, 0.5) is 10.5 Å². The van der Waals surface area contributed by atoms with Crippen molar-refractivity contribution in [2.75, 3.05) is 5.32 Å². The molecule has 0 aromatic heterocycles. The molecule has 0 aliphatic rings. The Labute approximate surface area is 117 Å². The third kappa shape index (κ3) is 4.79. The molecule has 1 aromatic rings. The van der Waals surface area contributed by atoms with Crippen LogP contribution in [-0.4, -0.2) is 23.1 Å². The van der Waals surface area contributed by atoms with E-state index in [1.54, 1.807) is 31.2 Å². The van der Waals surface area contributed by atoms with Crippen LogP contribution in [0, 0.1) is 5.92 Å². The number of rotatable bonds is 5. The standard InChI is InChI=1S/C13H17ClN2O3/c1-3-8(2)11(12(17)18)16-13(19)15-10-6-4-9(14)5-7-10/h4-8,11H,3H2,1-2H3,(H,17,18)(H2,15,16,19)/t8?,11-/m0/s1. The fourth-order valence-electron chi connectivity index (χ4n) is 1.52. The van der Waals surface area contributed by atoms with Crippen LogP contribution in [0.1, 0.15) is 20.3 Å². The van der Waals surface area contributed by atoms with Crippen LogP contribution in [-0.2, 0) is 4.79 Å². The number of nitrogens with one attached hydrogen (secondary N) is 2. The lowest BCUT2D eigenvalue weighted by atomic mass is 9.99. The molecule has 0 radical (unpaired) electrons. The second-order valence-electron chi connectivity index (χ2n) is 4.31. The molecular formula is C13H17ClN2O3. The number of halogens is 1. The third-order valence-corrected chi connectivity index (χ3v) is 3.12. The van der Waals surface area contributed by atoms with Gasteiger partial charge in [0.05, 0.1) is 0 Å². The molecule has 19 heavy (non-hydrogen) atoms. The molecule has 1 aromatic carbocycles. The molecule has 3 N–H and O–H groups in total. The van der Waals surface area contributed by atoms with Gasteiger partial charge in [-0.15, -0.1) is 0 Å². The molecule has 1 unspecified atom stereocenters. The minimum Gasteiger partial charge on any atom is -0.480 e. The first-order chi connectivity index (χ1) is 8.93. The molecule has 6 heteroatoms. The first-order valence-corrected chi connectivity index (χ1v) is 6.37. The van der Waals surface area contributed by atoms with E-state index in [2.05, 4.69) is 10.6 Å². The first-order valence-electron chi connectivity index (χ1n) is 6.00. The SMILES string of the molecule is CCC(C)[C@H](NC(=O)Nc1ccc(Cl)cc1)C(=O)O. The van der Waals surface area contributed by atoms with Crippen molar-refractivity contribution in [3.8, 4) is 0 Å². The Morgan fingerprint density at radius 3 is 2.37 bits per heavy atom. The summed E-state index contributed by atoms with van der Waals surface area (Å²) in [6.07, 6.45) is 0.665. The molecule has 2 amide bonds. The predicted molar refractivity (Wildman–Crippen MR) is 74.5 cm³/mol. The summed E-state index contributed by atoms with van der Waals surface area (Å²) in [5.41, 5.74) is 0.551. The highest BCUT2D eigenvalue weighted by Crippen LogP contribution is 2.13. The van der Waals surface area contributed by atoms with Gasteiger partial charge in [0.15, 0.2) is 0 Å². The molecule has 0 heterocycles. The highest BCUT2D eigenvalue weighted by molar-refractivity contribution is 6.30. The number of carboxylic acids is 1. The zero-order valence-electron chi connectivity index (χ0n) is 10.8. The van der Waals surface area contributed by atoms with Gasteiger partial charge in [0.1, 0.15) is 6.04 Å². The van der Waals surface area contributed by atoms with E-state index in [9.17, 15) is 9.59 Å². The Kier molecular flexibility index (Phi) is 5.63. The molecule has 104 valence electrons. The van der Waals surface area contributed by atoms with Crippen LogP contribution >= 0.6 is 11.6 Å². The Morgan fingerprint density at radius 2 is 1.89 bits per heavy atom. The van der Waals surface area contributed by atoms with E-state index in [1.807, 2.05) is 6.92 Å². The molecule has 0 fully saturated rings. The van der Waals surface area contributed by atoms with Gasteiger partial charge in [-0.05, 0) is 30.2 Å². The van der Waals surface area contributed by atoms with Gasteiger partial charge in [0, 0.05) is 10.7 Å². The van der Waals surface area contributed by atoms with Gasteiger partial charge in [-0.3, -0.25) is 0 Å². The van der Waals surface area contributed by atoms with Gasteiger partial charge in [-0.2, -0.15) is 0 Å². The number of benzene rings is 1. The molecule has 5 nitrogen and oxygen atoms in total. The van der Waals surface area contributed by atoms with Crippen LogP contribution in [0.3, 0.4) is 0 Å². The molecule has 0 bridgehead atoms. The fraction of sp³-hybridized carbons (Fsp3) is 0.385. The molecule has 1 rings (SSSR count).